The van der Waals surface area contributed by atoms with Gasteiger partial charge in [0, 0.05) is 44.4 Å². The van der Waals surface area contributed by atoms with E-state index in [-0.39, 0.29) is 24.9 Å². The second-order valence-electron chi connectivity index (χ2n) is 5.79. The van der Waals surface area contributed by atoms with Crippen LogP contribution in [0.3, 0.4) is 0 Å². The van der Waals surface area contributed by atoms with E-state index < -0.39 is 6.10 Å². The van der Waals surface area contributed by atoms with Crippen molar-refractivity contribution >= 4 is 11.8 Å². The third-order valence-electron chi connectivity index (χ3n) is 4.07. The number of aliphatic hydroxyl groups is 1. The molecular formula is C16H19N5O3. The highest BCUT2D eigenvalue weighted by molar-refractivity contribution is 5.94. The second-order valence-corrected chi connectivity index (χ2v) is 5.79. The first-order chi connectivity index (χ1) is 11.5. The monoisotopic (exact) mass is 329 g/mol. The maximum atomic E-state index is 12.7. The molecule has 126 valence electrons. The molecule has 0 radical (unpaired) electrons. The molecule has 1 saturated heterocycles. The minimum absolute atomic E-state index is 0.0957. The number of β-amino-alcohol motifs (C(OH)–C–C–N with tert-alkyl or cyclic N) is 1. The molecule has 1 aliphatic heterocycles. The van der Waals surface area contributed by atoms with Crippen molar-refractivity contribution in [3.05, 3.63) is 42.5 Å². The standard InChI is InChI=1S/C16H19N5O3/c1-12(22)19-6-7-20(9-15(23)8-19)16(24)13-2-4-14(5-3-13)21-10-17-18-11-21/h2-5,10-11,15,23H,6-9H2,1H3/t15-/m1/s1. The highest BCUT2D eigenvalue weighted by Crippen LogP contribution is 2.13. The molecule has 0 spiro atoms. The van der Waals surface area contributed by atoms with Gasteiger partial charge in [-0.3, -0.25) is 14.2 Å². The zero-order valence-corrected chi connectivity index (χ0v) is 13.4. The molecule has 1 N–H and O–H groups in total. The van der Waals surface area contributed by atoms with E-state index in [4.69, 9.17) is 0 Å². The number of nitrogens with zero attached hydrogens (tertiary/aromatic N) is 5. The fourth-order valence-corrected chi connectivity index (χ4v) is 2.75. The summed E-state index contributed by atoms with van der Waals surface area (Å²) in [7, 11) is 0. The fraction of sp³-hybridized carbons (Fsp3) is 0.375. The molecule has 8 nitrogen and oxygen atoms in total. The topological polar surface area (TPSA) is 91.6 Å². The first-order valence-electron chi connectivity index (χ1n) is 7.72. The molecule has 0 saturated carbocycles. The van der Waals surface area contributed by atoms with Gasteiger partial charge in [-0.05, 0) is 24.3 Å². The fourth-order valence-electron chi connectivity index (χ4n) is 2.75. The van der Waals surface area contributed by atoms with E-state index in [1.807, 2.05) is 12.1 Å². The van der Waals surface area contributed by atoms with Crippen LogP contribution >= 0.6 is 0 Å². The lowest BCUT2D eigenvalue weighted by Gasteiger charge is -2.21. The van der Waals surface area contributed by atoms with Crippen molar-refractivity contribution in [2.24, 2.45) is 0 Å². The zero-order chi connectivity index (χ0) is 17.1. The van der Waals surface area contributed by atoms with E-state index in [1.54, 1.807) is 39.2 Å². The van der Waals surface area contributed by atoms with Gasteiger partial charge < -0.3 is 14.9 Å². The van der Waals surface area contributed by atoms with Crippen LogP contribution < -0.4 is 0 Å². The Morgan fingerprint density at radius 1 is 1.04 bits per heavy atom. The van der Waals surface area contributed by atoms with Crippen LogP contribution in [0.25, 0.3) is 5.69 Å². The number of hydrogen-bond acceptors (Lipinski definition) is 5. The van der Waals surface area contributed by atoms with Crippen LogP contribution in [0.2, 0.25) is 0 Å². The number of amides is 2. The van der Waals surface area contributed by atoms with Gasteiger partial charge >= 0.3 is 0 Å². The van der Waals surface area contributed by atoms with Gasteiger partial charge in [-0.25, -0.2) is 0 Å². The van der Waals surface area contributed by atoms with Crippen LogP contribution in [0, 0.1) is 0 Å². The van der Waals surface area contributed by atoms with E-state index in [2.05, 4.69) is 10.2 Å². The van der Waals surface area contributed by atoms with Gasteiger partial charge in [0.05, 0.1) is 6.10 Å². The molecule has 1 fully saturated rings. The number of hydrogen-bond donors (Lipinski definition) is 1. The Morgan fingerprint density at radius 2 is 1.62 bits per heavy atom. The smallest absolute Gasteiger partial charge is 0.254 e. The van der Waals surface area contributed by atoms with Crippen molar-refractivity contribution in [2.45, 2.75) is 13.0 Å². The summed E-state index contributed by atoms with van der Waals surface area (Å²) in [6.45, 7) is 2.77. The van der Waals surface area contributed by atoms with Gasteiger partial charge in [-0.1, -0.05) is 0 Å². The lowest BCUT2D eigenvalue weighted by atomic mass is 10.1. The predicted molar refractivity (Wildman–Crippen MR) is 85.5 cm³/mol. The van der Waals surface area contributed by atoms with Gasteiger partial charge in [0.1, 0.15) is 12.7 Å². The molecule has 2 amide bonds. The average molecular weight is 329 g/mol. The normalized spacial score (nSPS) is 18.3. The van der Waals surface area contributed by atoms with Crippen LogP contribution in [0.15, 0.2) is 36.9 Å². The van der Waals surface area contributed by atoms with E-state index in [0.717, 1.165) is 5.69 Å². The summed E-state index contributed by atoms with van der Waals surface area (Å²) in [4.78, 5) is 27.3. The van der Waals surface area contributed by atoms with Crippen LogP contribution in [0.1, 0.15) is 17.3 Å². The SMILES string of the molecule is CC(=O)N1CCN(C(=O)c2ccc(-n3cnnc3)cc2)C[C@H](O)C1. The minimum atomic E-state index is -0.739. The second kappa shape index (κ2) is 6.79. The molecule has 0 bridgehead atoms. The number of rotatable bonds is 2. The van der Waals surface area contributed by atoms with Gasteiger partial charge in [-0.2, -0.15) is 0 Å². The van der Waals surface area contributed by atoms with Crippen molar-refractivity contribution < 1.29 is 14.7 Å². The Morgan fingerprint density at radius 3 is 2.25 bits per heavy atom. The van der Waals surface area contributed by atoms with Crippen molar-refractivity contribution in [3.63, 3.8) is 0 Å². The van der Waals surface area contributed by atoms with Gasteiger partial charge in [0.2, 0.25) is 5.91 Å². The Bertz CT molecular complexity index is 714. The molecule has 1 atom stereocenters. The van der Waals surface area contributed by atoms with Crippen LogP contribution in [0.5, 0.6) is 0 Å². The summed E-state index contributed by atoms with van der Waals surface area (Å²) in [5, 5.41) is 17.5. The molecular weight excluding hydrogens is 310 g/mol. The molecule has 0 aliphatic carbocycles. The Hall–Kier alpha value is -2.74. The molecule has 1 aromatic heterocycles. The van der Waals surface area contributed by atoms with E-state index in [1.165, 1.54) is 6.92 Å². The predicted octanol–water partition coefficient (Wildman–Crippen LogP) is -0.0675. The number of carbonyl (C=O) groups excluding carboxylic acids is 2. The van der Waals surface area contributed by atoms with Crippen LogP contribution in [-0.4, -0.2) is 73.8 Å². The first kappa shape index (κ1) is 16.1. The summed E-state index contributed by atoms with van der Waals surface area (Å²) in [5.74, 6) is -0.253. The van der Waals surface area contributed by atoms with Crippen molar-refractivity contribution in [3.8, 4) is 5.69 Å². The summed E-state index contributed by atoms with van der Waals surface area (Å²) < 4.78 is 1.74. The van der Waals surface area contributed by atoms with Gasteiger partial charge in [-0.15, -0.1) is 10.2 Å². The Labute approximate surface area is 139 Å². The van der Waals surface area contributed by atoms with Crippen molar-refractivity contribution in [1.82, 2.24) is 24.6 Å². The molecule has 3 rings (SSSR count). The minimum Gasteiger partial charge on any atom is -0.389 e. The molecule has 1 aromatic carbocycles. The number of benzene rings is 1. The third-order valence-corrected chi connectivity index (χ3v) is 4.07. The maximum Gasteiger partial charge on any atom is 0.254 e. The lowest BCUT2D eigenvalue weighted by molar-refractivity contribution is -0.129. The highest BCUT2D eigenvalue weighted by Gasteiger charge is 2.26. The summed E-state index contributed by atoms with van der Waals surface area (Å²) in [5.41, 5.74) is 1.39. The lowest BCUT2D eigenvalue weighted by Crippen LogP contribution is -2.37. The Kier molecular flexibility index (Phi) is 4.57. The summed E-state index contributed by atoms with van der Waals surface area (Å²) >= 11 is 0. The molecule has 24 heavy (non-hydrogen) atoms. The average Bonchev–Trinajstić information content (AvgIpc) is 3.03. The zero-order valence-electron chi connectivity index (χ0n) is 13.4. The summed E-state index contributed by atoms with van der Waals surface area (Å²) in [6.07, 6.45) is 2.42. The first-order valence-corrected chi connectivity index (χ1v) is 7.72. The number of carbonyl (C=O) groups is 2. The Balaban J connectivity index is 1.72. The van der Waals surface area contributed by atoms with Gasteiger partial charge in [0.25, 0.3) is 5.91 Å². The number of aliphatic hydroxyl groups excluding tert-OH is 1. The largest absolute Gasteiger partial charge is 0.389 e. The molecule has 1 aliphatic rings. The maximum absolute atomic E-state index is 12.7. The van der Waals surface area contributed by atoms with E-state index in [0.29, 0.717) is 18.7 Å². The molecule has 0 unspecified atom stereocenters. The van der Waals surface area contributed by atoms with E-state index in [9.17, 15) is 14.7 Å². The third kappa shape index (κ3) is 3.43. The van der Waals surface area contributed by atoms with Crippen molar-refractivity contribution in [1.29, 1.82) is 0 Å². The quantitative estimate of drug-likeness (QED) is 0.833. The molecule has 2 aromatic rings. The highest BCUT2D eigenvalue weighted by atomic mass is 16.3. The molecule has 8 heteroatoms. The number of aromatic nitrogens is 3. The van der Waals surface area contributed by atoms with Crippen molar-refractivity contribution in [2.75, 3.05) is 26.2 Å². The van der Waals surface area contributed by atoms with Gasteiger partial charge in [0.15, 0.2) is 0 Å². The van der Waals surface area contributed by atoms with Crippen LogP contribution in [-0.2, 0) is 4.79 Å². The molecule has 2 heterocycles. The van der Waals surface area contributed by atoms with E-state index >= 15 is 0 Å². The summed E-state index contributed by atoms with van der Waals surface area (Å²) in [6, 6.07) is 7.09. The van der Waals surface area contributed by atoms with Crippen LogP contribution in [0.4, 0.5) is 0 Å².